The summed E-state index contributed by atoms with van der Waals surface area (Å²) in [4.78, 5) is 14.9. The minimum absolute atomic E-state index is 0.140. The predicted molar refractivity (Wildman–Crippen MR) is 112 cm³/mol. The van der Waals surface area contributed by atoms with E-state index in [9.17, 15) is 13.2 Å². The predicted octanol–water partition coefficient (Wildman–Crippen LogP) is 1.90. The lowest BCUT2D eigenvalue weighted by molar-refractivity contribution is -0.138. The van der Waals surface area contributed by atoms with Crippen LogP contribution in [0.2, 0.25) is 0 Å². The van der Waals surface area contributed by atoms with Crippen molar-refractivity contribution < 1.29 is 22.7 Å². The molecular formula is C22H26N2O5S. The van der Waals surface area contributed by atoms with Gasteiger partial charge in [0.05, 0.1) is 25.5 Å². The molecule has 1 amide bonds. The van der Waals surface area contributed by atoms with Crippen molar-refractivity contribution >= 4 is 15.9 Å². The Hall–Kier alpha value is -2.42. The molecule has 4 rings (SSSR count). The zero-order valence-corrected chi connectivity index (χ0v) is 17.5. The van der Waals surface area contributed by atoms with E-state index in [2.05, 4.69) is 0 Å². The second-order valence-corrected chi connectivity index (χ2v) is 9.48. The van der Waals surface area contributed by atoms with Crippen LogP contribution in [-0.4, -0.2) is 68.5 Å². The summed E-state index contributed by atoms with van der Waals surface area (Å²) in [5.74, 6) is 0.357. The van der Waals surface area contributed by atoms with Crippen LogP contribution in [0.1, 0.15) is 12.0 Å². The molecule has 7 nitrogen and oxygen atoms in total. The number of sulfonamides is 1. The molecule has 2 fully saturated rings. The summed E-state index contributed by atoms with van der Waals surface area (Å²) in [6.07, 6.45) is -0.0491. The summed E-state index contributed by atoms with van der Waals surface area (Å²) >= 11 is 0. The minimum atomic E-state index is -3.70. The molecule has 2 atom stereocenters. The van der Waals surface area contributed by atoms with E-state index in [0.29, 0.717) is 44.0 Å². The first-order valence-corrected chi connectivity index (χ1v) is 11.8. The van der Waals surface area contributed by atoms with Gasteiger partial charge >= 0.3 is 0 Å². The molecule has 160 valence electrons. The summed E-state index contributed by atoms with van der Waals surface area (Å²) in [6.45, 7) is 2.06. The molecule has 2 aliphatic heterocycles. The largest absolute Gasteiger partial charge is 0.489 e. The lowest BCUT2D eigenvalue weighted by atomic mass is 10.1. The summed E-state index contributed by atoms with van der Waals surface area (Å²) in [7, 11) is -3.70. The molecule has 0 unspecified atom stereocenters. The molecule has 8 heteroatoms. The topological polar surface area (TPSA) is 76.2 Å². The van der Waals surface area contributed by atoms with E-state index in [0.717, 1.165) is 0 Å². The number of morpholine rings is 1. The number of benzene rings is 2. The van der Waals surface area contributed by atoms with E-state index in [4.69, 9.17) is 9.47 Å². The van der Waals surface area contributed by atoms with Gasteiger partial charge in [-0.1, -0.05) is 48.5 Å². The van der Waals surface area contributed by atoms with Gasteiger partial charge in [0.15, 0.2) is 0 Å². The average molecular weight is 431 g/mol. The smallest absolute Gasteiger partial charge is 0.241 e. The highest BCUT2D eigenvalue weighted by Gasteiger charge is 2.45. The van der Waals surface area contributed by atoms with E-state index in [-0.39, 0.29) is 24.3 Å². The SMILES string of the molecule is O=C([C@H]1C[C@H](Oc2ccccc2)CN1S(=O)(=O)Cc1ccccc1)N1CCOCC1. The number of hydrogen-bond donors (Lipinski definition) is 0. The van der Waals surface area contributed by atoms with Crippen molar-refractivity contribution in [3.63, 3.8) is 0 Å². The maximum Gasteiger partial charge on any atom is 0.241 e. The lowest BCUT2D eigenvalue weighted by Crippen LogP contribution is -2.51. The molecule has 2 aromatic rings. The third-order valence-electron chi connectivity index (χ3n) is 5.42. The Morgan fingerprint density at radius 3 is 2.30 bits per heavy atom. The second-order valence-electron chi connectivity index (χ2n) is 7.55. The van der Waals surface area contributed by atoms with Gasteiger partial charge in [-0.05, 0) is 17.7 Å². The number of carbonyl (C=O) groups excluding carboxylic acids is 1. The number of carbonyl (C=O) groups is 1. The van der Waals surface area contributed by atoms with Crippen molar-refractivity contribution in [3.8, 4) is 5.75 Å². The van der Waals surface area contributed by atoms with Gasteiger partial charge < -0.3 is 14.4 Å². The molecule has 2 heterocycles. The van der Waals surface area contributed by atoms with Crippen molar-refractivity contribution in [1.82, 2.24) is 9.21 Å². The molecule has 0 aliphatic carbocycles. The van der Waals surface area contributed by atoms with Crippen LogP contribution in [0.25, 0.3) is 0 Å². The molecule has 0 spiro atoms. The third-order valence-corrected chi connectivity index (χ3v) is 7.24. The van der Waals surface area contributed by atoms with Crippen molar-refractivity contribution in [2.45, 2.75) is 24.3 Å². The molecule has 0 radical (unpaired) electrons. The summed E-state index contributed by atoms with van der Waals surface area (Å²) < 4.78 is 39.2. The fraction of sp³-hybridized carbons (Fsp3) is 0.409. The van der Waals surface area contributed by atoms with Gasteiger partial charge in [0.2, 0.25) is 15.9 Å². The Balaban J connectivity index is 1.56. The first-order valence-electron chi connectivity index (χ1n) is 10.1. The van der Waals surface area contributed by atoms with Crippen molar-refractivity contribution in [2.24, 2.45) is 0 Å². The zero-order chi connectivity index (χ0) is 21.0. The van der Waals surface area contributed by atoms with Crippen molar-refractivity contribution in [1.29, 1.82) is 0 Å². The Morgan fingerprint density at radius 1 is 1.00 bits per heavy atom. The van der Waals surface area contributed by atoms with E-state index in [1.165, 1.54) is 4.31 Å². The van der Waals surface area contributed by atoms with Crippen molar-refractivity contribution in [2.75, 3.05) is 32.8 Å². The summed E-state index contributed by atoms with van der Waals surface area (Å²) in [5.41, 5.74) is 0.697. The van der Waals surface area contributed by atoms with Crippen LogP contribution >= 0.6 is 0 Å². The number of ether oxygens (including phenoxy) is 2. The van der Waals surface area contributed by atoms with Crippen LogP contribution in [-0.2, 0) is 25.3 Å². The highest BCUT2D eigenvalue weighted by molar-refractivity contribution is 7.88. The van der Waals surface area contributed by atoms with Crippen LogP contribution in [0.5, 0.6) is 5.75 Å². The monoisotopic (exact) mass is 430 g/mol. The van der Waals surface area contributed by atoms with E-state index < -0.39 is 16.1 Å². The first kappa shape index (κ1) is 20.8. The van der Waals surface area contributed by atoms with Crippen molar-refractivity contribution in [3.05, 3.63) is 66.2 Å². The number of rotatable bonds is 6. The fourth-order valence-corrected chi connectivity index (χ4v) is 5.68. The zero-order valence-electron chi connectivity index (χ0n) is 16.7. The van der Waals surface area contributed by atoms with Crippen LogP contribution in [0.4, 0.5) is 0 Å². The fourth-order valence-electron chi connectivity index (χ4n) is 3.94. The van der Waals surface area contributed by atoms with E-state index in [1.54, 1.807) is 17.0 Å². The van der Waals surface area contributed by atoms with Gasteiger partial charge in [-0.25, -0.2) is 8.42 Å². The van der Waals surface area contributed by atoms with Gasteiger partial charge in [-0.3, -0.25) is 4.79 Å². The Bertz CT molecular complexity index is 946. The second kappa shape index (κ2) is 9.16. The van der Waals surface area contributed by atoms with Crippen LogP contribution in [0.3, 0.4) is 0 Å². The normalized spacial score (nSPS) is 22.7. The molecule has 0 saturated carbocycles. The molecule has 0 N–H and O–H groups in total. The average Bonchev–Trinajstić information content (AvgIpc) is 3.20. The molecule has 30 heavy (non-hydrogen) atoms. The molecule has 0 aromatic heterocycles. The van der Waals surface area contributed by atoms with Gasteiger partial charge in [-0.15, -0.1) is 0 Å². The number of amides is 1. The van der Waals surface area contributed by atoms with E-state index in [1.807, 2.05) is 48.5 Å². The van der Waals surface area contributed by atoms with Gasteiger partial charge in [-0.2, -0.15) is 4.31 Å². The summed E-state index contributed by atoms with van der Waals surface area (Å²) in [5, 5.41) is 0. The van der Waals surface area contributed by atoms with Crippen LogP contribution in [0, 0.1) is 0 Å². The number of hydrogen-bond acceptors (Lipinski definition) is 5. The number of nitrogens with zero attached hydrogens (tertiary/aromatic N) is 2. The molecule has 2 aromatic carbocycles. The first-order chi connectivity index (χ1) is 14.5. The van der Waals surface area contributed by atoms with Gasteiger partial charge in [0.1, 0.15) is 17.9 Å². The Kier molecular flexibility index (Phi) is 6.36. The highest BCUT2D eigenvalue weighted by atomic mass is 32.2. The number of para-hydroxylation sites is 1. The third kappa shape index (κ3) is 4.83. The Labute approximate surface area is 177 Å². The molecular weight excluding hydrogens is 404 g/mol. The van der Waals surface area contributed by atoms with E-state index >= 15 is 0 Å². The van der Waals surface area contributed by atoms with Crippen LogP contribution in [0.15, 0.2) is 60.7 Å². The van der Waals surface area contributed by atoms with Gasteiger partial charge in [0.25, 0.3) is 0 Å². The minimum Gasteiger partial charge on any atom is -0.489 e. The maximum atomic E-state index is 13.3. The highest BCUT2D eigenvalue weighted by Crippen LogP contribution is 2.28. The molecule has 2 saturated heterocycles. The Morgan fingerprint density at radius 2 is 1.63 bits per heavy atom. The quantitative estimate of drug-likeness (QED) is 0.700. The lowest BCUT2D eigenvalue weighted by Gasteiger charge is -2.32. The maximum absolute atomic E-state index is 13.3. The molecule has 0 bridgehead atoms. The standard InChI is InChI=1S/C22H26N2O5S/c25-22(23-11-13-28-14-12-23)21-15-20(29-19-9-5-2-6-10-19)16-24(21)30(26,27)17-18-7-3-1-4-8-18/h1-10,20-21H,11-17H2/t20-,21+/m0/s1. The van der Waals surface area contributed by atoms with Gasteiger partial charge in [0, 0.05) is 19.5 Å². The van der Waals surface area contributed by atoms with Crippen LogP contribution < -0.4 is 4.74 Å². The molecule has 2 aliphatic rings. The summed E-state index contributed by atoms with van der Waals surface area (Å²) in [6, 6.07) is 17.6.